The summed E-state index contributed by atoms with van der Waals surface area (Å²) in [7, 11) is 0. The second kappa shape index (κ2) is 4.88. The molecule has 5 rings (SSSR count). The molecule has 0 saturated heterocycles. The summed E-state index contributed by atoms with van der Waals surface area (Å²) in [6.45, 7) is 4.52. The molecule has 3 aromatic rings. The minimum Gasteiger partial charge on any atom is -0.355 e. The number of rotatable bonds is 0. The summed E-state index contributed by atoms with van der Waals surface area (Å²) in [5, 5.41) is 7.37. The van der Waals surface area contributed by atoms with Gasteiger partial charge in [0.2, 0.25) is 0 Å². The van der Waals surface area contributed by atoms with Crippen LogP contribution >= 0.6 is 0 Å². The summed E-state index contributed by atoms with van der Waals surface area (Å²) in [4.78, 5) is 0. The maximum atomic E-state index is 3.68. The van der Waals surface area contributed by atoms with E-state index in [-0.39, 0.29) is 0 Å². The second-order valence-corrected chi connectivity index (χ2v) is 6.87. The molecule has 0 spiro atoms. The van der Waals surface area contributed by atoms with Crippen molar-refractivity contribution < 1.29 is 0 Å². The Morgan fingerprint density at radius 2 is 1.08 bits per heavy atom. The lowest BCUT2D eigenvalue weighted by Crippen LogP contribution is -2.16. The summed E-state index contributed by atoms with van der Waals surface area (Å²) in [6.07, 6.45) is 2.03. The molecule has 0 unspecified atom stereocenters. The summed E-state index contributed by atoms with van der Waals surface area (Å²) in [5.74, 6) is 0. The van der Waals surface area contributed by atoms with Gasteiger partial charge >= 0.3 is 0 Å². The van der Waals surface area contributed by atoms with Crippen LogP contribution in [0.15, 0.2) is 48.5 Å². The second-order valence-electron chi connectivity index (χ2n) is 6.87. The molecular formula is C22H20N2. The van der Waals surface area contributed by atoms with Crippen molar-refractivity contribution >= 4 is 22.7 Å². The molecule has 0 radical (unpaired) electrons. The first-order chi connectivity index (χ1) is 11.7. The number of hydrogen-bond donors (Lipinski definition) is 2. The van der Waals surface area contributed by atoms with Crippen molar-refractivity contribution in [1.29, 1.82) is 0 Å². The Hall–Kier alpha value is -2.74. The van der Waals surface area contributed by atoms with Gasteiger partial charge in [-0.15, -0.1) is 0 Å². The number of hydrogen-bond acceptors (Lipinski definition) is 2. The minimum atomic E-state index is 1.01. The Kier molecular flexibility index (Phi) is 2.78. The number of anilines is 4. The molecule has 0 amide bonds. The first kappa shape index (κ1) is 13.7. The fraction of sp³-hybridized carbons (Fsp3) is 0.182. The zero-order valence-electron chi connectivity index (χ0n) is 14.0. The van der Waals surface area contributed by atoms with E-state index < -0.39 is 0 Å². The monoisotopic (exact) mass is 312 g/mol. The molecule has 2 heteroatoms. The minimum absolute atomic E-state index is 1.01. The van der Waals surface area contributed by atoms with Crippen LogP contribution in [0.4, 0.5) is 22.7 Å². The largest absolute Gasteiger partial charge is 0.355 e. The third-order valence-corrected chi connectivity index (χ3v) is 5.55. The summed E-state index contributed by atoms with van der Waals surface area (Å²) in [6, 6.07) is 17.3. The fourth-order valence-corrected chi connectivity index (χ4v) is 4.16. The summed E-state index contributed by atoms with van der Waals surface area (Å²) < 4.78 is 0. The standard InChI is InChI=1S/C22H20N2/c1-13-17-11-15-7-3-5-9-19(15)23-21(17)14(2)22-18(13)12-16-8-4-6-10-20(16)24-22/h3-10,23-24H,11-12H2,1-2H3. The maximum Gasteiger partial charge on any atom is 0.0473 e. The van der Waals surface area contributed by atoms with Gasteiger partial charge in [-0.1, -0.05) is 36.4 Å². The molecule has 2 nitrogen and oxygen atoms in total. The van der Waals surface area contributed by atoms with E-state index in [9.17, 15) is 0 Å². The van der Waals surface area contributed by atoms with E-state index in [0.717, 1.165) is 12.8 Å². The van der Waals surface area contributed by atoms with Gasteiger partial charge in [0.1, 0.15) is 0 Å². The highest BCUT2D eigenvalue weighted by atomic mass is 14.9. The van der Waals surface area contributed by atoms with Crippen molar-refractivity contribution in [1.82, 2.24) is 0 Å². The molecule has 118 valence electrons. The number of para-hydroxylation sites is 2. The lowest BCUT2D eigenvalue weighted by atomic mass is 9.84. The molecule has 2 N–H and O–H groups in total. The Labute approximate surface area is 142 Å². The predicted molar refractivity (Wildman–Crippen MR) is 101 cm³/mol. The quantitative estimate of drug-likeness (QED) is 0.389. The lowest BCUT2D eigenvalue weighted by molar-refractivity contribution is 1.05. The normalized spacial score (nSPS) is 13.8. The average molecular weight is 312 g/mol. The molecule has 2 aliphatic heterocycles. The first-order valence-corrected chi connectivity index (χ1v) is 8.57. The van der Waals surface area contributed by atoms with E-state index in [2.05, 4.69) is 73.0 Å². The number of nitrogens with one attached hydrogen (secondary N) is 2. The van der Waals surface area contributed by atoms with E-state index in [1.54, 1.807) is 0 Å². The Morgan fingerprint density at radius 3 is 1.58 bits per heavy atom. The Bertz CT molecular complexity index is 830. The van der Waals surface area contributed by atoms with Crippen LogP contribution in [0.3, 0.4) is 0 Å². The van der Waals surface area contributed by atoms with Gasteiger partial charge in [0.15, 0.2) is 0 Å². The molecule has 0 saturated carbocycles. The van der Waals surface area contributed by atoms with Crippen LogP contribution in [0.1, 0.15) is 33.4 Å². The van der Waals surface area contributed by atoms with Crippen LogP contribution in [-0.4, -0.2) is 0 Å². The molecule has 2 heterocycles. The van der Waals surface area contributed by atoms with Crippen molar-refractivity contribution in [3.63, 3.8) is 0 Å². The highest BCUT2D eigenvalue weighted by molar-refractivity contribution is 5.86. The number of fused-ring (bicyclic) bond motifs is 4. The van der Waals surface area contributed by atoms with E-state index >= 15 is 0 Å². The molecule has 0 fully saturated rings. The van der Waals surface area contributed by atoms with Crippen LogP contribution < -0.4 is 10.6 Å². The fourth-order valence-electron chi connectivity index (χ4n) is 4.16. The zero-order chi connectivity index (χ0) is 16.3. The van der Waals surface area contributed by atoms with Crippen LogP contribution in [0.2, 0.25) is 0 Å². The van der Waals surface area contributed by atoms with Crippen LogP contribution in [0, 0.1) is 13.8 Å². The van der Waals surface area contributed by atoms with Crippen LogP contribution in [0.25, 0.3) is 0 Å². The van der Waals surface area contributed by atoms with Gasteiger partial charge in [-0.2, -0.15) is 0 Å². The van der Waals surface area contributed by atoms with Gasteiger partial charge in [0.25, 0.3) is 0 Å². The topological polar surface area (TPSA) is 24.1 Å². The molecule has 0 atom stereocenters. The van der Waals surface area contributed by atoms with Gasteiger partial charge < -0.3 is 10.6 Å². The molecule has 3 aromatic carbocycles. The van der Waals surface area contributed by atoms with E-state index in [4.69, 9.17) is 0 Å². The van der Waals surface area contributed by atoms with Crippen LogP contribution in [0.5, 0.6) is 0 Å². The molecule has 2 aliphatic rings. The smallest absolute Gasteiger partial charge is 0.0473 e. The molecule has 0 aromatic heterocycles. The predicted octanol–water partition coefficient (Wildman–Crippen LogP) is 5.60. The van der Waals surface area contributed by atoms with Gasteiger partial charge in [0.05, 0.1) is 0 Å². The SMILES string of the molecule is Cc1c2c(c(C)c3c1Cc1ccccc1N3)Nc1ccccc1C2. The molecular weight excluding hydrogens is 292 g/mol. The van der Waals surface area contributed by atoms with Crippen molar-refractivity contribution in [2.45, 2.75) is 26.7 Å². The zero-order valence-corrected chi connectivity index (χ0v) is 14.0. The van der Waals surface area contributed by atoms with Crippen LogP contribution in [-0.2, 0) is 12.8 Å². The maximum absolute atomic E-state index is 3.68. The lowest BCUT2D eigenvalue weighted by Gasteiger charge is -2.32. The van der Waals surface area contributed by atoms with Gasteiger partial charge in [-0.25, -0.2) is 0 Å². The average Bonchev–Trinajstić information content (AvgIpc) is 2.64. The van der Waals surface area contributed by atoms with Gasteiger partial charge in [0, 0.05) is 35.6 Å². The van der Waals surface area contributed by atoms with E-state index in [0.29, 0.717) is 0 Å². The van der Waals surface area contributed by atoms with Gasteiger partial charge in [-0.05, 0) is 59.4 Å². The van der Waals surface area contributed by atoms with E-state index in [1.165, 1.54) is 56.1 Å². The highest BCUT2D eigenvalue weighted by Crippen LogP contribution is 2.45. The summed E-state index contributed by atoms with van der Waals surface area (Å²) in [5.41, 5.74) is 13.5. The van der Waals surface area contributed by atoms with Crippen molar-refractivity contribution in [3.8, 4) is 0 Å². The molecule has 24 heavy (non-hydrogen) atoms. The first-order valence-electron chi connectivity index (χ1n) is 8.57. The number of benzene rings is 3. The molecule has 0 aliphatic carbocycles. The third kappa shape index (κ3) is 1.83. The van der Waals surface area contributed by atoms with E-state index in [1.807, 2.05) is 0 Å². The van der Waals surface area contributed by atoms with Crippen molar-refractivity contribution in [3.05, 3.63) is 81.9 Å². The van der Waals surface area contributed by atoms with Crippen molar-refractivity contribution in [2.75, 3.05) is 10.6 Å². The van der Waals surface area contributed by atoms with Crippen molar-refractivity contribution in [2.24, 2.45) is 0 Å². The van der Waals surface area contributed by atoms with Gasteiger partial charge in [-0.3, -0.25) is 0 Å². The molecule has 0 bridgehead atoms. The Balaban J connectivity index is 1.70. The Morgan fingerprint density at radius 1 is 0.625 bits per heavy atom. The summed E-state index contributed by atoms with van der Waals surface area (Å²) >= 11 is 0. The highest BCUT2D eigenvalue weighted by Gasteiger charge is 2.26. The third-order valence-electron chi connectivity index (χ3n) is 5.55.